The first kappa shape index (κ1) is 18.0. The van der Waals surface area contributed by atoms with Gasteiger partial charge in [0.15, 0.2) is 5.96 Å². The molecular weight excluding hydrogens is 328 g/mol. The number of ether oxygens (including phenoxy) is 1. The Labute approximate surface area is 154 Å². The van der Waals surface area contributed by atoms with Crippen molar-refractivity contribution in [2.75, 3.05) is 50.6 Å². The molecule has 0 amide bonds. The van der Waals surface area contributed by atoms with Crippen LogP contribution in [0.15, 0.2) is 47.6 Å². The lowest BCUT2D eigenvalue weighted by atomic mass is 10.2. The molecule has 26 heavy (non-hydrogen) atoms. The maximum Gasteiger partial charge on any atom is 0.193 e. The predicted molar refractivity (Wildman–Crippen MR) is 106 cm³/mol. The molecule has 1 aromatic heterocycles. The number of piperazine rings is 1. The highest BCUT2D eigenvalue weighted by molar-refractivity contribution is 5.93. The normalized spacial score (nSPS) is 15.8. The van der Waals surface area contributed by atoms with Gasteiger partial charge in [-0.3, -0.25) is 0 Å². The smallest absolute Gasteiger partial charge is 0.193 e. The van der Waals surface area contributed by atoms with E-state index in [4.69, 9.17) is 10.5 Å². The number of nitrogens with zero attached hydrogens (tertiary/aromatic N) is 4. The quantitative estimate of drug-likeness (QED) is 0.629. The minimum Gasteiger partial charge on any atom is -0.495 e. The first-order chi connectivity index (χ1) is 12.7. The zero-order valence-corrected chi connectivity index (χ0v) is 15.4. The molecule has 2 heterocycles. The largest absolute Gasteiger partial charge is 0.495 e. The van der Waals surface area contributed by atoms with Crippen LogP contribution in [-0.2, 0) is 6.54 Å². The maximum atomic E-state index is 5.99. The third-order valence-electron chi connectivity index (χ3n) is 4.44. The number of aromatic nitrogens is 1. The molecule has 0 radical (unpaired) electrons. The molecule has 138 valence electrons. The molecule has 2 aromatic rings. The summed E-state index contributed by atoms with van der Waals surface area (Å²) in [5.74, 6) is 2.09. The molecule has 1 saturated heterocycles. The Kier molecular flexibility index (Phi) is 5.91. The number of hydrogen-bond acceptors (Lipinski definition) is 5. The van der Waals surface area contributed by atoms with E-state index in [-0.39, 0.29) is 0 Å². The minimum absolute atomic E-state index is 0.345. The summed E-state index contributed by atoms with van der Waals surface area (Å²) < 4.78 is 5.30. The Morgan fingerprint density at radius 1 is 1.19 bits per heavy atom. The number of nitrogens with one attached hydrogen (secondary N) is 1. The zero-order chi connectivity index (χ0) is 18.4. The number of pyridine rings is 1. The van der Waals surface area contributed by atoms with E-state index in [1.165, 1.54) is 0 Å². The van der Waals surface area contributed by atoms with E-state index in [0.29, 0.717) is 12.5 Å². The van der Waals surface area contributed by atoms with Crippen molar-refractivity contribution in [3.63, 3.8) is 0 Å². The lowest BCUT2D eigenvalue weighted by Crippen LogP contribution is -2.44. The van der Waals surface area contributed by atoms with Crippen LogP contribution in [0.1, 0.15) is 5.56 Å². The average molecular weight is 354 g/mol. The molecule has 1 aliphatic heterocycles. The Balaban J connectivity index is 1.57. The van der Waals surface area contributed by atoms with Crippen molar-refractivity contribution >= 4 is 17.5 Å². The summed E-state index contributed by atoms with van der Waals surface area (Å²) in [7, 11) is 3.77. The van der Waals surface area contributed by atoms with Crippen molar-refractivity contribution in [2.24, 2.45) is 10.7 Å². The van der Waals surface area contributed by atoms with Crippen LogP contribution in [0.2, 0.25) is 0 Å². The molecule has 3 N–H and O–H groups in total. The van der Waals surface area contributed by atoms with Crippen LogP contribution in [0, 0.1) is 0 Å². The van der Waals surface area contributed by atoms with Crippen molar-refractivity contribution in [1.82, 2.24) is 9.88 Å². The summed E-state index contributed by atoms with van der Waals surface area (Å²) in [6, 6.07) is 11.7. The van der Waals surface area contributed by atoms with Crippen LogP contribution < -0.4 is 20.7 Å². The molecule has 7 nitrogen and oxygen atoms in total. The van der Waals surface area contributed by atoms with Crippen molar-refractivity contribution in [3.8, 4) is 5.75 Å². The highest BCUT2D eigenvalue weighted by atomic mass is 16.5. The number of aliphatic imine (C=N–C) groups is 1. The van der Waals surface area contributed by atoms with Crippen LogP contribution in [0.3, 0.4) is 0 Å². The molecule has 0 aliphatic carbocycles. The van der Waals surface area contributed by atoms with Crippen LogP contribution >= 0.6 is 0 Å². The summed E-state index contributed by atoms with van der Waals surface area (Å²) >= 11 is 0. The first-order valence-corrected chi connectivity index (χ1v) is 8.74. The minimum atomic E-state index is 0.345. The summed E-state index contributed by atoms with van der Waals surface area (Å²) in [5.41, 5.74) is 7.80. The van der Waals surface area contributed by atoms with Crippen molar-refractivity contribution in [2.45, 2.75) is 6.54 Å². The van der Waals surface area contributed by atoms with Gasteiger partial charge in [-0.25, -0.2) is 9.98 Å². The molecule has 7 heteroatoms. The van der Waals surface area contributed by atoms with Gasteiger partial charge < -0.3 is 25.6 Å². The van der Waals surface area contributed by atoms with Crippen molar-refractivity contribution < 1.29 is 4.74 Å². The molecule has 1 fully saturated rings. The van der Waals surface area contributed by atoms with E-state index in [0.717, 1.165) is 49.0 Å². The van der Waals surface area contributed by atoms with Crippen molar-refractivity contribution in [3.05, 3.63) is 48.2 Å². The molecule has 3 rings (SSSR count). The molecule has 0 atom stereocenters. The Hall–Kier alpha value is -2.80. The number of anilines is 2. The van der Waals surface area contributed by atoms with Gasteiger partial charge in [0, 0.05) is 32.4 Å². The fourth-order valence-electron chi connectivity index (χ4n) is 2.83. The van der Waals surface area contributed by atoms with Crippen LogP contribution in [0.4, 0.5) is 11.5 Å². The second kappa shape index (κ2) is 8.53. The van der Waals surface area contributed by atoms with E-state index in [2.05, 4.69) is 44.3 Å². The Morgan fingerprint density at radius 2 is 1.96 bits per heavy atom. The van der Waals surface area contributed by atoms with Crippen molar-refractivity contribution in [1.29, 1.82) is 0 Å². The van der Waals surface area contributed by atoms with Gasteiger partial charge in [0.2, 0.25) is 0 Å². The zero-order valence-electron chi connectivity index (χ0n) is 15.4. The van der Waals surface area contributed by atoms with Gasteiger partial charge >= 0.3 is 0 Å². The maximum absolute atomic E-state index is 5.99. The number of benzene rings is 1. The molecule has 0 saturated carbocycles. The van der Waals surface area contributed by atoms with Gasteiger partial charge in [0.05, 0.1) is 19.3 Å². The van der Waals surface area contributed by atoms with Crippen LogP contribution in [-0.4, -0.2) is 56.2 Å². The average Bonchev–Trinajstić information content (AvgIpc) is 2.68. The molecule has 0 unspecified atom stereocenters. The van der Waals surface area contributed by atoms with Gasteiger partial charge in [-0.05, 0) is 30.8 Å². The lowest BCUT2D eigenvalue weighted by Gasteiger charge is -2.33. The number of nitrogens with two attached hydrogens (primary N) is 1. The van der Waals surface area contributed by atoms with Crippen LogP contribution in [0.25, 0.3) is 0 Å². The van der Waals surface area contributed by atoms with Gasteiger partial charge in [-0.2, -0.15) is 0 Å². The summed E-state index contributed by atoms with van der Waals surface area (Å²) in [6.07, 6.45) is 1.87. The Bertz CT molecular complexity index is 738. The standard InChI is InChI=1S/C19H26N6O/c1-24-9-11-25(12-10-24)18-8-7-15(13-21-18)14-22-19(20)23-16-5-3-4-6-17(16)26-2/h3-8,13H,9-12,14H2,1-2H3,(H3,20,22,23). The van der Waals surface area contributed by atoms with E-state index in [9.17, 15) is 0 Å². The second-order valence-electron chi connectivity index (χ2n) is 6.34. The number of hydrogen-bond donors (Lipinski definition) is 2. The van der Waals surface area contributed by atoms with E-state index in [1.807, 2.05) is 30.5 Å². The number of rotatable bonds is 5. The SMILES string of the molecule is COc1ccccc1NC(N)=NCc1ccc(N2CCN(C)CC2)nc1. The topological polar surface area (TPSA) is 79.0 Å². The lowest BCUT2D eigenvalue weighted by molar-refractivity contribution is 0.312. The molecular formula is C19H26N6O. The van der Waals surface area contributed by atoms with E-state index >= 15 is 0 Å². The number of guanidine groups is 1. The summed E-state index contributed by atoms with van der Waals surface area (Å²) in [6.45, 7) is 4.63. The molecule has 1 aromatic carbocycles. The number of likely N-dealkylation sites (N-methyl/N-ethyl adjacent to an activating group) is 1. The van der Waals surface area contributed by atoms with Gasteiger partial charge in [-0.1, -0.05) is 18.2 Å². The fraction of sp³-hybridized carbons (Fsp3) is 0.368. The van der Waals surface area contributed by atoms with E-state index < -0.39 is 0 Å². The third kappa shape index (κ3) is 4.64. The first-order valence-electron chi connectivity index (χ1n) is 8.74. The molecule has 0 spiro atoms. The highest BCUT2D eigenvalue weighted by Crippen LogP contribution is 2.22. The monoisotopic (exact) mass is 354 g/mol. The molecule has 1 aliphatic rings. The Morgan fingerprint density at radius 3 is 2.65 bits per heavy atom. The van der Waals surface area contributed by atoms with Gasteiger partial charge in [0.1, 0.15) is 11.6 Å². The molecule has 0 bridgehead atoms. The number of methoxy groups -OCH3 is 1. The summed E-state index contributed by atoms with van der Waals surface area (Å²) in [4.78, 5) is 13.6. The highest BCUT2D eigenvalue weighted by Gasteiger charge is 2.14. The third-order valence-corrected chi connectivity index (χ3v) is 4.44. The summed E-state index contributed by atoms with van der Waals surface area (Å²) in [5, 5.41) is 3.07. The predicted octanol–water partition coefficient (Wildman–Crippen LogP) is 1.77. The van der Waals surface area contributed by atoms with Gasteiger partial charge in [0.25, 0.3) is 0 Å². The van der Waals surface area contributed by atoms with Crippen LogP contribution in [0.5, 0.6) is 5.75 Å². The second-order valence-corrected chi connectivity index (χ2v) is 6.34. The van der Waals surface area contributed by atoms with E-state index in [1.54, 1.807) is 7.11 Å². The van der Waals surface area contributed by atoms with Gasteiger partial charge in [-0.15, -0.1) is 0 Å². The fourth-order valence-corrected chi connectivity index (χ4v) is 2.83. The number of para-hydroxylation sites is 2.